The highest BCUT2D eigenvalue weighted by molar-refractivity contribution is 5.71. The molecule has 16 heavy (non-hydrogen) atoms. The predicted octanol–water partition coefficient (Wildman–Crippen LogP) is 2.37. The van der Waals surface area contributed by atoms with E-state index in [2.05, 4.69) is 5.18 Å². The lowest BCUT2D eigenvalue weighted by Gasteiger charge is -2.07. The highest BCUT2D eigenvalue weighted by Gasteiger charge is 2.12. The second-order valence-electron chi connectivity index (χ2n) is 3.53. The first-order valence-electron chi connectivity index (χ1n) is 4.98. The van der Waals surface area contributed by atoms with E-state index in [1.165, 1.54) is 6.07 Å². The molecule has 0 saturated heterocycles. The number of aromatic hydroxyl groups is 1. The highest BCUT2D eigenvalue weighted by Crippen LogP contribution is 2.32. The Morgan fingerprint density at radius 2 is 2.12 bits per heavy atom. The average molecular weight is 223 g/mol. The third-order valence-corrected chi connectivity index (χ3v) is 2.19. The van der Waals surface area contributed by atoms with Crippen molar-refractivity contribution >= 4 is 11.7 Å². The molecule has 0 spiro atoms. The minimum absolute atomic E-state index is 0.0102. The molecule has 0 aliphatic rings. The number of hydrogen-bond acceptors (Lipinski definition) is 4. The first-order chi connectivity index (χ1) is 7.58. The van der Waals surface area contributed by atoms with Crippen LogP contribution in [0.1, 0.15) is 24.5 Å². The SMILES string of the molecule is CCCc1cc(CC(=O)O)cc(O)c1N=O. The summed E-state index contributed by atoms with van der Waals surface area (Å²) in [5.41, 5.74) is 1.07. The van der Waals surface area contributed by atoms with E-state index in [1.54, 1.807) is 6.07 Å². The fraction of sp³-hybridized carbons (Fsp3) is 0.364. The lowest BCUT2D eigenvalue weighted by molar-refractivity contribution is -0.136. The molecule has 5 heteroatoms. The van der Waals surface area contributed by atoms with Gasteiger partial charge in [-0.1, -0.05) is 19.4 Å². The van der Waals surface area contributed by atoms with Crippen molar-refractivity contribution in [3.8, 4) is 5.75 Å². The maximum Gasteiger partial charge on any atom is 0.307 e. The number of aryl methyl sites for hydroxylation is 1. The molecule has 0 radical (unpaired) electrons. The molecular formula is C11H13NO4. The van der Waals surface area contributed by atoms with Crippen molar-refractivity contribution in [3.63, 3.8) is 0 Å². The largest absolute Gasteiger partial charge is 0.506 e. The molecular weight excluding hydrogens is 210 g/mol. The third-order valence-electron chi connectivity index (χ3n) is 2.19. The van der Waals surface area contributed by atoms with Gasteiger partial charge in [0.05, 0.1) is 6.42 Å². The topological polar surface area (TPSA) is 87.0 Å². The molecule has 0 heterocycles. The number of benzene rings is 1. The van der Waals surface area contributed by atoms with Crippen molar-refractivity contribution < 1.29 is 15.0 Å². The lowest BCUT2D eigenvalue weighted by atomic mass is 10.0. The summed E-state index contributed by atoms with van der Waals surface area (Å²) >= 11 is 0. The maximum atomic E-state index is 10.5. The molecule has 0 amide bonds. The van der Waals surface area contributed by atoms with Gasteiger partial charge >= 0.3 is 5.97 Å². The second-order valence-corrected chi connectivity index (χ2v) is 3.53. The minimum Gasteiger partial charge on any atom is -0.506 e. The Morgan fingerprint density at radius 3 is 2.62 bits per heavy atom. The number of nitrogens with zero attached hydrogens (tertiary/aromatic N) is 1. The van der Waals surface area contributed by atoms with Gasteiger partial charge in [-0.25, -0.2) is 0 Å². The first-order valence-corrected chi connectivity index (χ1v) is 4.98. The Labute approximate surface area is 92.7 Å². The molecule has 0 atom stereocenters. The Hall–Kier alpha value is -1.91. The Morgan fingerprint density at radius 1 is 1.44 bits per heavy atom. The van der Waals surface area contributed by atoms with Crippen LogP contribution in [0.2, 0.25) is 0 Å². The molecule has 5 nitrogen and oxygen atoms in total. The summed E-state index contributed by atoms with van der Waals surface area (Å²) in [4.78, 5) is 21.1. The van der Waals surface area contributed by atoms with E-state index in [0.717, 1.165) is 6.42 Å². The van der Waals surface area contributed by atoms with Crippen molar-refractivity contribution in [3.05, 3.63) is 28.2 Å². The van der Waals surface area contributed by atoms with Crippen LogP contribution in [0.5, 0.6) is 5.75 Å². The maximum absolute atomic E-state index is 10.5. The van der Waals surface area contributed by atoms with E-state index >= 15 is 0 Å². The molecule has 2 N–H and O–H groups in total. The number of carbonyl (C=O) groups is 1. The van der Waals surface area contributed by atoms with Gasteiger partial charge in [-0.15, -0.1) is 4.91 Å². The summed E-state index contributed by atoms with van der Waals surface area (Å²) in [5, 5.41) is 20.9. The molecule has 0 aliphatic carbocycles. The van der Waals surface area contributed by atoms with Gasteiger partial charge in [0.2, 0.25) is 0 Å². The lowest BCUT2D eigenvalue weighted by Crippen LogP contribution is -2.01. The number of phenolic OH excluding ortho intramolecular Hbond substituents is 1. The van der Waals surface area contributed by atoms with Crippen molar-refractivity contribution in [2.24, 2.45) is 5.18 Å². The molecule has 0 fully saturated rings. The number of hydrogen-bond donors (Lipinski definition) is 2. The quantitative estimate of drug-likeness (QED) is 0.750. The van der Waals surface area contributed by atoms with Crippen LogP contribution in [-0.4, -0.2) is 16.2 Å². The zero-order valence-electron chi connectivity index (χ0n) is 8.93. The number of aliphatic carboxylic acids is 1. The summed E-state index contributed by atoms with van der Waals surface area (Å²) in [6, 6.07) is 2.87. The van der Waals surface area contributed by atoms with Crippen molar-refractivity contribution in [2.75, 3.05) is 0 Å². The summed E-state index contributed by atoms with van der Waals surface area (Å²) in [5.74, 6) is -1.23. The minimum atomic E-state index is -0.978. The monoisotopic (exact) mass is 223 g/mol. The van der Waals surface area contributed by atoms with E-state index in [4.69, 9.17) is 5.11 Å². The summed E-state index contributed by atoms with van der Waals surface area (Å²) in [7, 11) is 0. The van der Waals surface area contributed by atoms with Crippen LogP contribution < -0.4 is 0 Å². The van der Waals surface area contributed by atoms with Gasteiger partial charge in [-0.05, 0) is 28.8 Å². The molecule has 0 bridgehead atoms. The van der Waals surface area contributed by atoms with E-state index in [0.29, 0.717) is 17.5 Å². The van der Waals surface area contributed by atoms with Crippen LogP contribution in [0.4, 0.5) is 5.69 Å². The molecule has 86 valence electrons. The molecule has 0 unspecified atom stereocenters. The van der Waals surface area contributed by atoms with Crippen LogP contribution in [0.15, 0.2) is 17.3 Å². The van der Waals surface area contributed by atoms with Crippen molar-refractivity contribution in [1.29, 1.82) is 0 Å². The summed E-state index contributed by atoms with van der Waals surface area (Å²) in [6.45, 7) is 1.93. The van der Waals surface area contributed by atoms with E-state index < -0.39 is 5.97 Å². The highest BCUT2D eigenvalue weighted by atomic mass is 16.4. The molecule has 1 aromatic rings. The number of rotatable bonds is 5. The molecule has 1 rings (SSSR count). The zero-order valence-corrected chi connectivity index (χ0v) is 8.93. The molecule has 0 aromatic heterocycles. The van der Waals surface area contributed by atoms with Gasteiger partial charge in [0.15, 0.2) is 5.69 Å². The molecule has 0 aliphatic heterocycles. The van der Waals surface area contributed by atoms with Gasteiger partial charge in [-0.3, -0.25) is 4.79 Å². The van der Waals surface area contributed by atoms with Crippen LogP contribution in [0.3, 0.4) is 0 Å². The van der Waals surface area contributed by atoms with Gasteiger partial charge in [0.1, 0.15) is 5.75 Å². The van der Waals surface area contributed by atoms with Crippen LogP contribution in [0, 0.1) is 4.91 Å². The average Bonchev–Trinajstić information content (AvgIpc) is 2.16. The van der Waals surface area contributed by atoms with Crippen molar-refractivity contribution in [2.45, 2.75) is 26.2 Å². The van der Waals surface area contributed by atoms with E-state index in [1.807, 2.05) is 6.92 Å². The van der Waals surface area contributed by atoms with Gasteiger partial charge < -0.3 is 10.2 Å². The third kappa shape index (κ3) is 2.79. The Bertz CT molecular complexity index is 415. The standard InChI is InChI=1S/C11H13NO4/c1-2-3-8-4-7(6-10(14)15)5-9(13)11(8)12-16/h4-5,13H,2-3,6H2,1H3,(H,14,15). The molecule has 0 saturated carbocycles. The van der Waals surface area contributed by atoms with Gasteiger partial charge in [-0.2, -0.15) is 0 Å². The zero-order chi connectivity index (χ0) is 12.1. The predicted molar refractivity (Wildman–Crippen MR) is 58.9 cm³/mol. The molecule has 1 aromatic carbocycles. The summed E-state index contributed by atoms with van der Waals surface area (Å²) in [6.07, 6.45) is 1.20. The van der Waals surface area contributed by atoms with Gasteiger partial charge in [0, 0.05) is 0 Å². The van der Waals surface area contributed by atoms with E-state index in [-0.39, 0.29) is 17.9 Å². The number of phenols is 1. The normalized spacial score (nSPS) is 10.1. The van der Waals surface area contributed by atoms with Crippen molar-refractivity contribution in [1.82, 2.24) is 0 Å². The number of nitroso groups, excluding NO2 is 1. The fourth-order valence-corrected chi connectivity index (χ4v) is 1.58. The van der Waals surface area contributed by atoms with E-state index in [9.17, 15) is 14.8 Å². The number of carboxylic acid groups (broad SMARTS) is 1. The second kappa shape index (κ2) is 5.25. The number of carboxylic acids is 1. The van der Waals surface area contributed by atoms with Crippen LogP contribution in [-0.2, 0) is 17.6 Å². The van der Waals surface area contributed by atoms with Crippen LogP contribution in [0.25, 0.3) is 0 Å². The Kier molecular flexibility index (Phi) is 3.99. The van der Waals surface area contributed by atoms with Gasteiger partial charge in [0.25, 0.3) is 0 Å². The van der Waals surface area contributed by atoms with Crippen LogP contribution >= 0.6 is 0 Å². The Balaban J connectivity index is 3.16. The fourth-order valence-electron chi connectivity index (χ4n) is 1.58. The first kappa shape index (κ1) is 12.2. The smallest absolute Gasteiger partial charge is 0.307 e. The summed E-state index contributed by atoms with van der Waals surface area (Å²) < 4.78 is 0.